The van der Waals surface area contributed by atoms with Crippen LogP contribution in [0.25, 0.3) is 0 Å². The van der Waals surface area contributed by atoms with E-state index in [4.69, 9.17) is 5.73 Å². The Labute approximate surface area is 163 Å². The van der Waals surface area contributed by atoms with Crippen LogP contribution in [0.15, 0.2) is 34.9 Å². The number of halogens is 1. The van der Waals surface area contributed by atoms with Gasteiger partial charge >= 0.3 is 0 Å². The van der Waals surface area contributed by atoms with Gasteiger partial charge in [-0.3, -0.25) is 4.79 Å². The normalized spacial score (nSPS) is 17.5. The lowest BCUT2D eigenvalue weighted by atomic mass is 10.0. The number of rotatable bonds is 5. The molecule has 0 amide bonds. The molecule has 3 heterocycles. The zero-order valence-corrected chi connectivity index (χ0v) is 16.7. The van der Waals surface area contributed by atoms with Crippen molar-refractivity contribution in [2.75, 3.05) is 30.3 Å². The topological polar surface area (TPSA) is 84.1 Å². The Hall–Kier alpha value is -1.99. The summed E-state index contributed by atoms with van der Waals surface area (Å²) in [6, 6.07) is 7.67. The summed E-state index contributed by atoms with van der Waals surface area (Å²) in [5, 5.41) is 3.56. The third-order valence-electron chi connectivity index (χ3n) is 4.43. The molecule has 0 radical (unpaired) electrons. The highest BCUT2D eigenvalue weighted by atomic mass is 79.9. The van der Waals surface area contributed by atoms with Gasteiger partial charge in [-0.25, -0.2) is 9.97 Å². The molecule has 2 aromatic rings. The van der Waals surface area contributed by atoms with Crippen molar-refractivity contribution in [3.05, 3.63) is 46.2 Å². The van der Waals surface area contributed by atoms with Gasteiger partial charge in [-0.1, -0.05) is 19.9 Å². The zero-order valence-electron chi connectivity index (χ0n) is 15.1. The number of nitrogen functional groups attached to an aromatic ring is 1. The van der Waals surface area contributed by atoms with E-state index >= 15 is 0 Å². The number of anilines is 2. The van der Waals surface area contributed by atoms with Gasteiger partial charge < -0.3 is 16.0 Å². The quantitative estimate of drug-likeness (QED) is 0.724. The number of aromatic nitrogens is 2. The lowest BCUT2D eigenvalue weighted by molar-refractivity contribution is 0.103. The molecule has 140 valence electrons. The molecule has 1 fully saturated rings. The van der Waals surface area contributed by atoms with Crippen LogP contribution in [0.1, 0.15) is 37.7 Å². The molecule has 0 spiro atoms. The highest BCUT2D eigenvalue weighted by Gasteiger charge is 2.22. The van der Waals surface area contributed by atoms with E-state index in [1.807, 2.05) is 12.1 Å². The SMILES string of the molecule is CC(C)C[C@H]1CN(c2cccc(C(=O)c3cc(Br)cnc3N)n2)CCN1.[HH]. The van der Waals surface area contributed by atoms with Crippen LogP contribution >= 0.6 is 15.9 Å². The van der Waals surface area contributed by atoms with Crippen molar-refractivity contribution in [2.24, 2.45) is 5.92 Å². The molecule has 1 aliphatic rings. The molecule has 1 aliphatic heterocycles. The van der Waals surface area contributed by atoms with E-state index in [2.05, 4.69) is 50.0 Å². The molecule has 0 unspecified atom stereocenters. The number of ketones is 1. The molecule has 0 aliphatic carbocycles. The zero-order chi connectivity index (χ0) is 18.7. The van der Waals surface area contributed by atoms with Gasteiger partial charge in [0.05, 0.1) is 5.56 Å². The minimum atomic E-state index is -0.216. The number of piperazine rings is 1. The summed E-state index contributed by atoms with van der Waals surface area (Å²) >= 11 is 3.33. The van der Waals surface area contributed by atoms with Crippen LogP contribution in [0.3, 0.4) is 0 Å². The first-order valence-corrected chi connectivity index (χ1v) is 9.64. The highest BCUT2D eigenvalue weighted by Crippen LogP contribution is 2.21. The number of nitrogens with zero attached hydrogens (tertiary/aromatic N) is 3. The Morgan fingerprint density at radius 2 is 2.31 bits per heavy atom. The fourth-order valence-corrected chi connectivity index (χ4v) is 3.59. The van der Waals surface area contributed by atoms with Crippen LogP contribution in [-0.2, 0) is 0 Å². The minimum absolute atomic E-state index is 0. The van der Waals surface area contributed by atoms with E-state index in [0.717, 1.165) is 31.9 Å². The van der Waals surface area contributed by atoms with Gasteiger partial charge in [0.25, 0.3) is 0 Å². The molecule has 1 saturated heterocycles. The molecule has 26 heavy (non-hydrogen) atoms. The van der Waals surface area contributed by atoms with Crippen molar-refractivity contribution in [3.8, 4) is 0 Å². The maximum atomic E-state index is 12.8. The first-order valence-electron chi connectivity index (χ1n) is 8.85. The number of pyridine rings is 2. The van der Waals surface area contributed by atoms with E-state index in [1.165, 1.54) is 0 Å². The summed E-state index contributed by atoms with van der Waals surface area (Å²) in [6.45, 7) is 7.14. The molecule has 3 N–H and O–H groups in total. The maximum absolute atomic E-state index is 12.8. The summed E-state index contributed by atoms with van der Waals surface area (Å²) in [5.74, 6) is 1.46. The third-order valence-corrected chi connectivity index (χ3v) is 4.87. The van der Waals surface area contributed by atoms with Gasteiger partial charge in [-0.15, -0.1) is 0 Å². The average molecular weight is 420 g/mol. The Kier molecular flexibility index (Phi) is 5.88. The van der Waals surface area contributed by atoms with E-state index in [1.54, 1.807) is 18.3 Å². The fourth-order valence-electron chi connectivity index (χ4n) is 3.26. The second-order valence-electron chi connectivity index (χ2n) is 7.02. The predicted octanol–water partition coefficient (Wildman–Crippen LogP) is 3.12. The number of hydrogen-bond donors (Lipinski definition) is 2. The predicted molar refractivity (Wildman–Crippen MR) is 110 cm³/mol. The average Bonchev–Trinajstić information content (AvgIpc) is 2.63. The number of carbonyl (C=O) groups is 1. The first-order chi connectivity index (χ1) is 12.4. The smallest absolute Gasteiger partial charge is 0.215 e. The second-order valence-corrected chi connectivity index (χ2v) is 7.94. The maximum Gasteiger partial charge on any atom is 0.215 e. The molecule has 3 rings (SSSR count). The van der Waals surface area contributed by atoms with E-state index < -0.39 is 0 Å². The van der Waals surface area contributed by atoms with Crippen molar-refractivity contribution < 1.29 is 6.22 Å². The minimum Gasteiger partial charge on any atom is -0.383 e. The largest absolute Gasteiger partial charge is 0.383 e. The molecule has 0 bridgehead atoms. The lowest BCUT2D eigenvalue weighted by Crippen LogP contribution is -2.51. The summed E-state index contributed by atoms with van der Waals surface area (Å²) in [7, 11) is 0. The first kappa shape index (κ1) is 18.8. The lowest BCUT2D eigenvalue weighted by Gasteiger charge is -2.35. The summed E-state index contributed by atoms with van der Waals surface area (Å²) in [4.78, 5) is 23.7. The van der Waals surface area contributed by atoms with Crippen molar-refractivity contribution >= 4 is 33.3 Å². The standard InChI is InChI=1S/C19H24BrN5O.H2/c1-12(2)8-14-11-25(7-6-22-14)17-5-3-4-16(24-17)18(26)15-9-13(20)10-23-19(15)21;/h3-5,9-10,12,14,22H,6-8,11H2,1-2H3,(H2,21,23);1H/t14-;/m0./s1. The highest BCUT2D eigenvalue weighted by molar-refractivity contribution is 9.10. The van der Waals surface area contributed by atoms with Crippen LogP contribution in [0.2, 0.25) is 0 Å². The van der Waals surface area contributed by atoms with Gasteiger partial charge in [0.15, 0.2) is 0 Å². The van der Waals surface area contributed by atoms with Crippen molar-refractivity contribution in [3.63, 3.8) is 0 Å². The third kappa shape index (κ3) is 4.40. The van der Waals surface area contributed by atoms with Crippen LogP contribution in [0.4, 0.5) is 11.6 Å². The Balaban J connectivity index is 0.00000261. The Morgan fingerprint density at radius 1 is 1.50 bits per heavy atom. The monoisotopic (exact) mass is 419 g/mol. The number of nitrogens with two attached hydrogens (primary N) is 1. The van der Waals surface area contributed by atoms with Gasteiger partial charge in [-0.05, 0) is 46.5 Å². The summed E-state index contributed by atoms with van der Waals surface area (Å²) in [5.41, 5.74) is 6.62. The van der Waals surface area contributed by atoms with Crippen LogP contribution < -0.4 is 16.0 Å². The molecule has 1 atom stereocenters. The summed E-state index contributed by atoms with van der Waals surface area (Å²) in [6.07, 6.45) is 2.70. The van der Waals surface area contributed by atoms with Gasteiger partial charge in [0.1, 0.15) is 17.3 Å². The van der Waals surface area contributed by atoms with E-state index in [9.17, 15) is 4.79 Å². The second kappa shape index (κ2) is 8.14. The van der Waals surface area contributed by atoms with Crippen molar-refractivity contribution in [1.29, 1.82) is 0 Å². The van der Waals surface area contributed by atoms with Crippen LogP contribution in [0.5, 0.6) is 0 Å². The van der Waals surface area contributed by atoms with Crippen LogP contribution in [-0.4, -0.2) is 41.4 Å². The molecule has 0 saturated carbocycles. The Morgan fingerprint density at radius 3 is 3.08 bits per heavy atom. The van der Waals surface area contributed by atoms with Crippen molar-refractivity contribution in [2.45, 2.75) is 26.3 Å². The van der Waals surface area contributed by atoms with Crippen molar-refractivity contribution in [1.82, 2.24) is 15.3 Å². The molecule has 0 aromatic carbocycles. The molecule has 6 nitrogen and oxygen atoms in total. The van der Waals surface area contributed by atoms with Gasteiger partial charge in [-0.2, -0.15) is 0 Å². The molecular formula is C19H26BrN5O. The van der Waals surface area contributed by atoms with Gasteiger partial charge in [0.2, 0.25) is 5.78 Å². The Bertz CT molecular complexity index is 801. The van der Waals surface area contributed by atoms with E-state index in [-0.39, 0.29) is 13.0 Å². The fraction of sp³-hybridized carbons (Fsp3) is 0.421. The van der Waals surface area contributed by atoms with Gasteiger partial charge in [0, 0.05) is 37.8 Å². The van der Waals surface area contributed by atoms with Crippen LogP contribution in [0, 0.1) is 5.92 Å². The number of hydrogen-bond acceptors (Lipinski definition) is 6. The molecule has 7 heteroatoms. The number of nitrogens with one attached hydrogen (secondary N) is 1. The van der Waals surface area contributed by atoms with E-state index in [0.29, 0.717) is 27.7 Å². The number of carbonyl (C=O) groups excluding carboxylic acids is 1. The molecular weight excluding hydrogens is 394 g/mol. The molecule has 2 aromatic heterocycles. The summed E-state index contributed by atoms with van der Waals surface area (Å²) < 4.78 is 0.713.